The molecule has 1 aromatic heterocycles. The summed E-state index contributed by atoms with van der Waals surface area (Å²) in [6, 6.07) is 10.5. The van der Waals surface area contributed by atoms with Gasteiger partial charge >= 0.3 is 5.97 Å². The molecule has 0 bridgehead atoms. The number of methoxy groups -OCH3 is 1. The van der Waals surface area contributed by atoms with Crippen LogP contribution in [0.4, 0.5) is 0 Å². The highest BCUT2D eigenvalue weighted by atomic mass is 32.1. The normalized spacial score (nSPS) is 10.5. The van der Waals surface area contributed by atoms with Crippen LogP contribution in [0.1, 0.15) is 20.8 Å². The predicted octanol–water partition coefficient (Wildman–Crippen LogP) is 2.23. The zero-order valence-electron chi connectivity index (χ0n) is 11.4. The molecular formula is C15H14N2O3S. The van der Waals surface area contributed by atoms with Crippen molar-refractivity contribution >= 4 is 29.4 Å². The zero-order valence-corrected chi connectivity index (χ0v) is 12.2. The average Bonchev–Trinajstić information content (AvgIpc) is 3.00. The van der Waals surface area contributed by atoms with Crippen molar-refractivity contribution in [1.29, 1.82) is 0 Å². The van der Waals surface area contributed by atoms with Crippen molar-refractivity contribution < 1.29 is 14.3 Å². The maximum Gasteiger partial charge on any atom is 0.337 e. The van der Waals surface area contributed by atoms with Gasteiger partial charge in [0.25, 0.3) is 0 Å². The molecule has 21 heavy (non-hydrogen) atoms. The second-order valence-electron chi connectivity index (χ2n) is 4.16. The fourth-order valence-corrected chi connectivity index (χ4v) is 2.32. The summed E-state index contributed by atoms with van der Waals surface area (Å²) in [5.41, 5.74) is 3.71. The number of nitrogens with one attached hydrogen (secondary N) is 1. The number of hydrogen-bond donors (Lipinski definition) is 1. The molecule has 0 fully saturated rings. The molecule has 1 heterocycles. The second-order valence-corrected chi connectivity index (χ2v) is 5.20. The lowest BCUT2D eigenvalue weighted by atomic mass is 10.1. The van der Waals surface area contributed by atoms with Crippen LogP contribution in [0.5, 0.6) is 0 Å². The molecule has 6 heteroatoms. The van der Waals surface area contributed by atoms with E-state index in [4.69, 9.17) is 0 Å². The van der Waals surface area contributed by atoms with Crippen molar-refractivity contribution in [1.82, 2.24) is 5.43 Å². The molecule has 0 unspecified atom stereocenters. The molecule has 2 aromatic rings. The Kier molecular flexibility index (Phi) is 5.22. The quantitative estimate of drug-likeness (QED) is 0.523. The van der Waals surface area contributed by atoms with Gasteiger partial charge in [0.05, 0.1) is 25.3 Å². The van der Waals surface area contributed by atoms with E-state index in [2.05, 4.69) is 15.3 Å². The summed E-state index contributed by atoms with van der Waals surface area (Å²) in [6.07, 6.45) is 1.84. The van der Waals surface area contributed by atoms with Crippen molar-refractivity contribution in [2.45, 2.75) is 6.42 Å². The molecule has 1 N–H and O–H groups in total. The number of esters is 1. The van der Waals surface area contributed by atoms with E-state index >= 15 is 0 Å². The SMILES string of the molecule is COC(=O)c1ccc(/C=N/NC(=O)Cc2cccs2)cc1. The summed E-state index contributed by atoms with van der Waals surface area (Å²) in [4.78, 5) is 23.9. The number of hydrazone groups is 1. The van der Waals surface area contributed by atoms with Crippen molar-refractivity contribution in [2.24, 2.45) is 5.10 Å². The summed E-state index contributed by atoms with van der Waals surface area (Å²) in [5.74, 6) is -0.553. The van der Waals surface area contributed by atoms with E-state index in [1.54, 1.807) is 24.3 Å². The van der Waals surface area contributed by atoms with Crippen LogP contribution >= 0.6 is 11.3 Å². The van der Waals surface area contributed by atoms with E-state index in [0.29, 0.717) is 12.0 Å². The van der Waals surface area contributed by atoms with Crippen LogP contribution in [-0.4, -0.2) is 25.2 Å². The van der Waals surface area contributed by atoms with Gasteiger partial charge in [0.1, 0.15) is 0 Å². The van der Waals surface area contributed by atoms with Gasteiger partial charge in [-0.25, -0.2) is 10.2 Å². The molecule has 0 atom stereocenters. The highest BCUT2D eigenvalue weighted by molar-refractivity contribution is 7.10. The largest absolute Gasteiger partial charge is 0.465 e. The minimum Gasteiger partial charge on any atom is -0.465 e. The average molecular weight is 302 g/mol. The smallest absolute Gasteiger partial charge is 0.337 e. The number of benzene rings is 1. The predicted molar refractivity (Wildman–Crippen MR) is 81.5 cm³/mol. The molecule has 108 valence electrons. The summed E-state index contributed by atoms with van der Waals surface area (Å²) in [5, 5.41) is 5.81. The van der Waals surface area contributed by atoms with Gasteiger partial charge in [0.2, 0.25) is 5.91 Å². The number of thiophene rings is 1. The van der Waals surface area contributed by atoms with Gasteiger partial charge in [-0.15, -0.1) is 11.3 Å². The van der Waals surface area contributed by atoms with Gasteiger partial charge in [-0.1, -0.05) is 18.2 Å². The van der Waals surface area contributed by atoms with Crippen LogP contribution in [0.3, 0.4) is 0 Å². The van der Waals surface area contributed by atoms with Gasteiger partial charge in [-0.2, -0.15) is 5.10 Å². The van der Waals surface area contributed by atoms with Crippen LogP contribution in [0, 0.1) is 0 Å². The minimum absolute atomic E-state index is 0.167. The molecule has 0 saturated heterocycles. The van der Waals surface area contributed by atoms with Crippen LogP contribution in [-0.2, 0) is 16.0 Å². The van der Waals surface area contributed by atoms with Crippen LogP contribution in [0.25, 0.3) is 0 Å². The van der Waals surface area contributed by atoms with Gasteiger partial charge < -0.3 is 4.74 Å². The lowest BCUT2D eigenvalue weighted by Crippen LogP contribution is -2.19. The minimum atomic E-state index is -0.386. The third kappa shape index (κ3) is 4.54. The van der Waals surface area contributed by atoms with Gasteiger partial charge in [-0.05, 0) is 29.1 Å². The third-order valence-corrected chi connectivity index (χ3v) is 3.53. The van der Waals surface area contributed by atoms with E-state index in [1.165, 1.54) is 24.7 Å². The first-order valence-corrected chi connectivity index (χ1v) is 7.09. The Hall–Kier alpha value is -2.47. The fraction of sp³-hybridized carbons (Fsp3) is 0.133. The summed E-state index contributed by atoms with van der Waals surface area (Å²) < 4.78 is 4.61. The van der Waals surface area contributed by atoms with Crippen LogP contribution in [0.15, 0.2) is 46.9 Å². The van der Waals surface area contributed by atoms with Crippen molar-refractivity contribution in [3.63, 3.8) is 0 Å². The molecular weight excluding hydrogens is 288 g/mol. The molecule has 0 saturated carbocycles. The molecule has 0 spiro atoms. The number of ether oxygens (including phenoxy) is 1. The summed E-state index contributed by atoms with van der Waals surface area (Å²) in [7, 11) is 1.33. The molecule has 5 nitrogen and oxygen atoms in total. The zero-order chi connectivity index (χ0) is 15.1. The van der Waals surface area contributed by atoms with Crippen LogP contribution < -0.4 is 5.43 Å². The molecule has 0 aliphatic rings. The number of nitrogens with zero attached hydrogens (tertiary/aromatic N) is 1. The second kappa shape index (κ2) is 7.35. The Labute approximate surface area is 126 Å². The Balaban J connectivity index is 1.86. The Bertz CT molecular complexity index is 633. The number of carbonyl (C=O) groups is 2. The van der Waals surface area contributed by atoms with Crippen molar-refractivity contribution in [2.75, 3.05) is 7.11 Å². The number of amides is 1. The Morgan fingerprint density at radius 2 is 2.05 bits per heavy atom. The van der Waals surface area contributed by atoms with Gasteiger partial charge in [-0.3, -0.25) is 4.79 Å². The van der Waals surface area contributed by atoms with Crippen LogP contribution in [0.2, 0.25) is 0 Å². The fourth-order valence-electron chi connectivity index (χ4n) is 1.61. The van der Waals surface area contributed by atoms with Gasteiger partial charge in [0.15, 0.2) is 0 Å². The highest BCUT2D eigenvalue weighted by Crippen LogP contribution is 2.08. The highest BCUT2D eigenvalue weighted by Gasteiger charge is 2.04. The molecule has 0 radical (unpaired) electrons. The maximum absolute atomic E-state index is 11.6. The van der Waals surface area contributed by atoms with E-state index in [1.807, 2.05) is 17.5 Å². The standard InChI is InChI=1S/C15H14N2O3S/c1-20-15(19)12-6-4-11(5-7-12)10-16-17-14(18)9-13-3-2-8-21-13/h2-8,10H,9H2,1H3,(H,17,18)/b16-10+. The van der Waals surface area contributed by atoms with Crippen molar-refractivity contribution in [3.05, 3.63) is 57.8 Å². The van der Waals surface area contributed by atoms with E-state index in [-0.39, 0.29) is 11.9 Å². The van der Waals surface area contributed by atoms with E-state index in [0.717, 1.165) is 10.4 Å². The monoisotopic (exact) mass is 302 g/mol. The first-order chi connectivity index (χ1) is 10.2. The summed E-state index contributed by atoms with van der Waals surface area (Å²) in [6.45, 7) is 0. The number of hydrogen-bond acceptors (Lipinski definition) is 5. The Morgan fingerprint density at radius 3 is 2.67 bits per heavy atom. The topological polar surface area (TPSA) is 67.8 Å². The molecule has 1 amide bonds. The van der Waals surface area contributed by atoms with E-state index in [9.17, 15) is 9.59 Å². The molecule has 1 aromatic carbocycles. The lowest BCUT2D eigenvalue weighted by Gasteiger charge is -1.99. The van der Waals surface area contributed by atoms with Crippen molar-refractivity contribution in [3.8, 4) is 0 Å². The van der Waals surface area contributed by atoms with E-state index < -0.39 is 0 Å². The number of carbonyl (C=O) groups excluding carboxylic acids is 2. The lowest BCUT2D eigenvalue weighted by molar-refractivity contribution is -0.120. The first-order valence-electron chi connectivity index (χ1n) is 6.21. The molecule has 0 aliphatic carbocycles. The molecule has 0 aliphatic heterocycles. The maximum atomic E-state index is 11.6. The first kappa shape index (κ1) is 14.9. The Morgan fingerprint density at radius 1 is 1.29 bits per heavy atom. The molecule has 2 rings (SSSR count). The summed E-state index contributed by atoms with van der Waals surface area (Å²) >= 11 is 1.53. The van der Waals surface area contributed by atoms with Gasteiger partial charge in [0, 0.05) is 4.88 Å². The third-order valence-electron chi connectivity index (χ3n) is 2.65. The number of rotatable bonds is 5.